The number of rotatable bonds is 12. The van der Waals surface area contributed by atoms with Crippen molar-refractivity contribution < 1.29 is 18.8 Å². The number of unbranched alkanes of at least 4 members (excludes halogenated alkanes) is 4. The van der Waals surface area contributed by atoms with Gasteiger partial charge in [0.05, 0.1) is 6.10 Å². The van der Waals surface area contributed by atoms with E-state index in [1.54, 1.807) is 30.3 Å². The van der Waals surface area contributed by atoms with Crippen molar-refractivity contribution in [2.24, 2.45) is 11.8 Å². The molecule has 1 fully saturated rings. The Kier molecular flexibility index (Phi) is 10.8. The highest BCUT2D eigenvalue weighted by Gasteiger charge is 2.42. The van der Waals surface area contributed by atoms with Crippen LogP contribution in [0.2, 0.25) is 5.02 Å². The van der Waals surface area contributed by atoms with Crippen molar-refractivity contribution in [2.75, 3.05) is 6.61 Å². The van der Waals surface area contributed by atoms with Crippen molar-refractivity contribution >= 4 is 21.1 Å². The first-order valence-corrected chi connectivity index (χ1v) is 11.1. The van der Waals surface area contributed by atoms with Crippen LogP contribution >= 0.6 is 21.1 Å². The summed E-state index contributed by atoms with van der Waals surface area (Å²) >= 11 is 5.92. The minimum atomic E-state index is -0.941. The van der Waals surface area contributed by atoms with Gasteiger partial charge in [-0.3, -0.25) is 0 Å². The molecule has 1 aliphatic rings. The summed E-state index contributed by atoms with van der Waals surface area (Å²) in [6, 6.07) is 7.04. The minimum absolute atomic E-state index is 0.0827. The molecule has 4 unspecified atom stereocenters. The van der Waals surface area contributed by atoms with Crippen molar-refractivity contribution in [1.82, 2.24) is 0 Å². The van der Waals surface area contributed by atoms with Gasteiger partial charge in [-0.15, -0.1) is 0 Å². The Morgan fingerprint density at radius 1 is 1.32 bits per heavy atom. The van der Waals surface area contributed by atoms with Gasteiger partial charge in [0.2, 0.25) is 0 Å². The van der Waals surface area contributed by atoms with Crippen LogP contribution in [-0.2, 0) is 4.52 Å². The lowest BCUT2D eigenvalue weighted by Gasteiger charge is -2.22. The Morgan fingerprint density at radius 2 is 2.11 bits per heavy atom. The fourth-order valence-electron chi connectivity index (χ4n) is 3.90. The fraction of sp³-hybridized carbons (Fsp3) is 0.636. The van der Waals surface area contributed by atoms with E-state index in [0.29, 0.717) is 17.2 Å². The Bertz CT molecular complexity index is 601. The molecule has 0 spiro atoms. The van der Waals surface area contributed by atoms with Crippen molar-refractivity contribution in [1.29, 1.82) is 0 Å². The first kappa shape index (κ1) is 23.6. The number of aliphatic hydroxyl groups is 1. The van der Waals surface area contributed by atoms with Gasteiger partial charge in [-0.25, -0.2) is 4.39 Å². The predicted octanol–water partition coefficient (Wildman–Crippen LogP) is 6.15. The van der Waals surface area contributed by atoms with E-state index in [-0.39, 0.29) is 24.5 Å². The second kappa shape index (κ2) is 12.8. The Morgan fingerprint density at radius 3 is 2.82 bits per heavy atom. The molecule has 1 N–H and O–H groups in total. The highest BCUT2D eigenvalue weighted by molar-refractivity contribution is 7.09. The average Bonchev–Trinajstić information content (AvgIpc) is 2.99. The number of allylic oxidation sites excluding steroid dienone is 1. The van der Waals surface area contributed by atoms with E-state index < -0.39 is 12.3 Å². The van der Waals surface area contributed by atoms with Crippen molar-refractivity contribution in [3.05, 3.63) is 41.4 Å². The van der Waals surface area contributed by atoms with E-state index in [9.17, 15) is 9.50 Å². The first-order chi connectivity index (χ1) is 13.5. The predicted molar refractivity (Wildman–Crippen MR) is 117 cm³/mol. The van der Waals surface area contributed by atoms with E-state index >= 15 is 0 Å². The van der Waals surface area contributed by atoms with Crippen molar-refractivity contribution in [3.8, 4) is 5.75 Å². The molecule has 1 aromatic rings. The lowest BCUT2D eigenvalue weighted by Crippen LogP contribution is -2.21. The van der Waals surface area contributed by atoms with Crippen LogP contribution in [0.25, 0.3) is 0 Å². The Labute approximate surface area is 175 Å². The van der Waals surface area contributed by atoms with Crippen molar-refractivity contribution in [2.45, 2.75) is 70.2 Å². The number of alkyl halides is 1. The van der Waals surface area contributed by atoms with Gasteiger partial charge in [0, 0.05) is 26.8 Å². The molecule has 0 aromatic heterocycles. The number of ether oxygens (including phenoxy) is 1. The average molecular weight is 431 g/mol. The maximum atomic E-state index is 14.6. The lowest BCUT2D eigenvalue weighted by molar-refractivity contribution is 0.142. The standard InChI is InChI=1S/C22H33ClFO3P/c1-2-3-4-5-6-10-20-19(21(24)14-22(20)27-28)12-11-17(25)15-26-18-9-7-8-16(23)13-18/h7-9,11-13,17,19-22,25H,2-6,10,14-15,28H2,1H3/b12-11+/t17?,19-,20-,21?,22?/m1/s1. The summed E-state index contributed by atoms with van der Waals surface area (Å²) in [4.78, 5) is 0. The van der Waals surface area contributed by atoms with Crippen LogP contribution in [0.5, 0.6) is 5.75 Å². The van der Waals surface area contributed by atoms with E-state index in [4.69, 9.17) is 20.9 Å². The zero-order valence-corrected chi connectivity index (χ0v) is 18.5. The molecule has 0 radical (unpaired) electrons. The SMILES string of the molecule is CCCCCCC[C@H]1C(OP)CC(F)[C@@H]1/C=C/C(O)COc1cccc(Cl)c1. The molecule has 0 aliphatic heterocycles. The molecule has 0 saturated heterocycles. The van der Waals surface area contributed by atoms with E-state index in [0.717, 1.165) is 12.8 Å². The van der Waals surface area contributed by atoms with Crippen LogP contribution in [0, 0.1) is 11.8 Å². The van der Waals surface area contributed by atoms with Crippen LogP contribution in [0.4, 0.5) is 4.39 Å². The van der Waals surface area contributed by atoms with Crippen LogP contribution in [-0.4, -0.2) is 30.1 Å². The molecule has 0 heterocycles. The number of hydrogen-bond acceptors (Lipinski definition) is 3. The minimum Gasteiger partial charge on any atom is -0.491 e. The first-order valence-electron chi connectivity index (χ1n) is 10.3. The molecule has 3 nitrogen and oxygen atoms in total. The molecule has 6 atom stereocenters. The van der Waals surface area contributed by atoms with Gasteiger partial charge in [-0.1, -0.05) is 68.8 Å². The maximum absolute atomic E-state index is 14.6. The molecular weight excluding hydrogens is 398 g/mol. The van der Waals surface area contributed by atoms with Gasteiger partial charge in [-0.2, -0.15) is 0 Å². The van der Waals surface area contributed by atoms with E-state index in [2.05, 4.69) is 16.4 Å². The molecule has 1 aliphatic carbocycles. The van der Waals surface area contributed by atoms with Crippen LogP contribution in [0.3, 0.4) is 0 Å². The molecule has 1 saturated carbocycles. The topological polar surface area (TPSA) is 38.7 Å². The quantitative estimate of drug-likeness (QED) is 0.245. The third-order valence-corrected chi connectivity index (χ3v) is 6.02. The van der Waals surface area contributed by atoms with Crippen LogP contribution in [0.15, 0.2) is 36.4 Å². The van der Waals surface area contributed by atoms with E-state index in [1.165, 1.54) is 25.7 Å². The maximum Gasteiger partial charge on any atom is 0.120 e. The van der Waals surface area contributed by atoms with Crippen LogP contribution < -0.4 is 4.74 Å². The van der Waals surface area contributed by atoms with Gasteiger partial charge in [0.1, 0.15) is 24.6 Å². The van der Waals surface area contributed by atoms with Crippen molar-refractivity contribution in [3.63, 3.8) is 0 Å². The number of benzene rings is 1. The van der Waals surface area contributed by atoms with Gasteiger partial charge in [0.15, 0.2) is 0 Å². The molecule has 28 heavy (non-hydrogen) atoms. The number of aliphatic hydroxyl groups excluding tert-OH is 1. The molecule has 0 amide bonds. The smallest absolute Gasteiger partial charge is 0.120 e. The van der Waals surface area contributed by atoms with Crippen LogP contribution in [0.1, 0.15) is 51.9 Å². The largest absolute Gasteiger partial charge is 0.491 e. The second-order valence-electron chi connectivity index (χ2n) is 7.59. The molecule has 1 aromatic carbocycles. The third-order valence-electron chi connectivity index (χ3n) is 5.44. The fourth-order valence-corrected chi connectivity index (χ4v) is 4.40. The molecular formula is C22H33ClFO3P. The third kappa shape index (κ3) is 7.63. The lowest BCUT2D eigenvalue weighted by atomic mass is 9.88. The van der Waals surface area contributed by atoms with E-state index in [1.807, 2.05) is 6.08 Å². The second-order valence-corrected chi connectivity index (χ2v) is 8.30. The monoisotopic (exact) mass is 430 g/mol. The highest BCUT2D eigenvalue weighted by Crippen LogP contribution is 2.41. The normalized spacial score (nSPS) is 26.0. The summed E-state index contributed by atoms with van der Waals surface area (Å²) in [5, 5.41) is 10.8. The summed E-state index contributed by atoms with van der Waals surface area (Å²) in [5.74, 6) is 0.523. The molecule has 2 rings (SSSR count). The highest BCUT2D eigenvalue weighted by atomic mass is 35.5. The molecule has 158 valence electrons. The van der Waals surface area contributed by atoms with Gasteiger partial charge in [0.25, 0.3) is 0 Å². The summed E-state index contributed by atoms with van der Waals surface area (Å²) in [5.41, 5.74) is 0. The zero-order chi connectivity index (χ0) is 20.4. The molecule has 6 heteroatoms. The summed E-state index contributed by atoms with van der Waals surface area (Å²) in [7, 11) is 2.29. The number of hydrogen-bond donors (Lipinski definition) is 1. The number of halogens is 2. The summed E-state index contributed by atoms with van der Waals surface area (Å²) in [6.07, 6.45) is 8.97. The molecule has 0 bridgehead atoms. The summed E-state index contributed by atoms with van der Waals surface area (Å²) < 4.78 is 25.6. The Balaban J connectivity index is 1.86. The van der Waals surface area contributed by atoms with Gasteiger partial charge in [-0.05, 0) is 30.5 Å². The zero-order valence-electron chi connectivity index (χ0n) is 16.6. The van der Waals surface area contributed by atoms with Gasteiger partial charge < -0.3 is 14.4 Å². The van der Waals surface area contributed by atoms with Gasteiger partial charge >= 0.3 is 0 Å². The Hall–Kier alpha value is -0.670. The summed E-state index contributed by atoms with van der Waals surface area (Å²) in [6.45, 7) is 2.30.